The topological polar surface area (TPSA) is 50.7 Å². The van der Waals surface area contributed by atoms with Gasteiger partial charge in [-0.05, 0) is 12.1 Å². The number of para-hydroxylation sites is 1. The Bertz CT molecular complexity index is 474. The van der Waals surface area contributed by atoms with Crippen molar-refractivity contribution in [2.75, 3.05) is 0 Å². The van der Waals surface area contributed by atoms with Gasteiger partial charge in [-0.2, -0.15) is 4.98 Å². The van der Waals surface area contributed by atoms with Crippen LogP contribution in [0.5, 0.6) is 0 Å². The van der Waals surface area contributed by atoms with Crippen molar-refractivity contribution in [3.63, 3.8) is 0 Å². The fourth-order valence-corrected chi connectivity index (χ4v) is 1.04. The number of aromatic nitrogens is 3. The predicted octanol–water partition coefficient (Wildman–Crippen LogP) is 0.700. The molecule has 13 heavy (non-hydrogen) atoms. The number of nitrogens with one attached hydrogen (secondary N) is 1. The Hall–Kier alpha value is -1.91. The molecule has 0 fully saturated rings. The van der Waals surface area contributed by atoms with Crippen molar-refractivity contribution in [1.29, 1.82) is 0 Å². The molecule has 2 rings (SSSR count). The lowest BCUT2D eigenvalue weighted by Crippen LogP contribution is -2.05. The minimum absolute atomic E-state index is 0.275. The number of aromatic amines is 1. The van der Waals surface area contributed by atoms with E-state index >= 15 is 0 Å². The van der Waals surface area contributed by atoms with Crippen LogP contribution in [0.2, 0.25) is 0 Å². The second-order valence-electron chi connectivity index (χ2n) is 2.48. The molecule has 0 saturated heterocycles. The van der Waals surface area contributed by atoms with Gasteiger partial charge in [0, 0.05) is 0 Å². The first kappa shape index (κ1) is 7.72. The molecule has 1 N–H and O–H groups in total. The highest BCUT2D eigenvalue weighted by atomic mass is 19.1. The normalized spacial score (nSPS) is 10.2. The number of nitrogens with zero attached hydrogens (tertiary/aromatic N) is 2. The minimum Gasteiger partial charge on any atom is -0.244 e. The van der Waals surface area contributed by atoms with Crippen LogP contribution in [0.25, 0.3) is 5.69 Å². The quantitative estimate of drug-likeness (QED) is 0.700. The van der Waals surface area contributed by atoms with Crippen LogP contribution in [-0.4, -0.2) is 14.8 Å². The van der Waals surface area contributed by atoms with Crippen molar-refractivity contribution in [3.05, 3.63) is 46.9 Å². The van der Waals surface area contributed by atoms with Crippen LogP contribution in [-0.2, 0) is 0 Å². The summed E-state index contributed by atoms with van der Waals surface area (Å²) in [7, 11) is 0. The van der Waals surface area contributed by atoms with Gasteiger partial charge in [0.2, 0.25) is 0 Å². The molecule has 5 heteroatoms. The molecule has 1 aromatic heterocycles. The molecule has 0 aliphatic rings. The third-order valence-electron chi connectivity index (χ3n) is 1.62. The highest BCUT2D eigenvalue weighted by molar-refractivity contribution is 5.31. The molecule has 66 valence electrons. The van der Waals surface area contributed by atoms with Crippen LogP contribution < -0.4 is 5.69 Å². The van der Waals surface area contributed by atoms with E-state index in [9.17, 15) is 9.18 Å². The van der Waals surface area contributed by atoms with E-state index in [2.05, 4.69) is 10.1 Å². The van der Waals surface area contributed by atoms with E-state index in [1.54, 1.807) is 18.2 Å². The van der Waals surface area contributed by atoms with Gasteiger partial charge >= 0.3 is 5.69 Å². The van der Waals surface area contributed by atoms with E-state index in [4.69, 9.17) is 0 Å². The molecule has 0 saturated carbocycles. The van der Waals surface area contributed by atoms with Crippen LogP contribution in [0, 0.1) is 5.82 Å². The van der Waals surface area contributed by atoms with Crippen molar-refractivity contribution in [3.8, 4) is 5.69 Å². The molecule has 0 spiro atoms. The Morgan fingerprint density at radius 2 is 2.15 bits per heavy atom. The Balaban J connectivity index is 2.58. The number of halogens is 1. The van der Waals surface area contributed by atoms with Gasteiger partial charge in [0.1, 0.15) is 12.1 Å². The van der Waals surface area contributed by atoms with Crippen molar-refractivity contribution in [2.45, 2.75) is 0 Å². The summed E-state index contributed by atoms with van der Waals surface area (Å²) < 4.78 is 14.3. The van der Waals surface area contributed by atoms with Gasteiger partial charge < -0.3 is 0 Å². The molecular formula is C8H6FN3O. The first-order valence-electron chi connectivity index (χ1n) is 3.66. The average molecular weight is 179 g/mol. The van der Waals surface area contributed by atoms with Crippen LogP contribution in [0.3, 0.4) is 0 Å². The third-order valence-corrected chi connectivity index (χ3v) is 1.62. The van der Waals surface area contributed by atoms with Crippen molar-refractivity contribution in [2.24, 2.45) is 0 Å². The summed E-state index contributed by atoms with van der Waals surface area (Å²) in [6.45, 7) is 0. The van der Waals surface area contributed by atoms with E-state index in [1.807, 2.05) is 0 Å². The van der Waals surface area contributed by atoms with Gasteiger partial charge in [-0.25, -0.2) is 19.0 Å². The number of hydrogen-bond acceptors (Lipinski definition) is 2. The van der Waals surface area contributed by atoms with Crippen molar-refractivity contribution in [1.82, 2.24) is 14.8 Å². The van der Waals surface area contributed by atoms with Gasteiger partial charge in [0.15, 0.2) is 0 Å². The van der Waals surface area contributed by atoms with Crippen LogP contribution in [0.1, 0.15) is 0 Å². The van der Waals surface area contributed by atoms with Gasteiger partial charge in [-0.15, -0.1) is 0 Å². The zero-order chi connectivity index (χ0) is 9.26. The zero-order valence-corrected chi connectivity index (χ0v) is 6.57. The van der Waals surface area contributed by atoms with E-state index in [0.717, 1.165) is 0 Å². The number of rotatable bonds is 1. The monoisotopic (exact) mass is 179 g/mol. The minimum atomic E-state index is -0.497. The molecule has 0 aliphatic carbocycles. The summed E-state index contributed by atoms with van der Waals surface area (Å²) >= 11 is 0. The first-order chi connectivity index (χ1) is 6.27. The Morgan fingerprint density at radius 1 is 1.38 bits per heavy atom. The smallest absolute Gasteiger partial charge is 0.244 e. The maximum atomic E-state index is 13.1. The highest BCUT2D eigenvalue weighted by Crippen LogP contribution is 2.08. The zero-order valence-electron chi connectivity index (χ0n) is 6.57. The van der Waals surface area contributed by atoms with E-state index in [1.165, 1.54) is 17.1 Å². The van der Waals surface area contributed by atoms with Gasteiger partial charge in [0.25, 0.3) is 0 Å². The lowest BCUT2D eigenvalue weighted by molar-refractivity contribution is 0.610. The average Bonchev–Trinajstić information content (AvgIpc) is 2.53. The van der Waals surface area contributed by atoms with Gasteiger partial charge in [-0.3, -0.25) is 0 Å². The molecule has 0 bridgehead atoms. The first-order valence-corrected chi connectivity index (χ1v) is 3.66. The standard InChI is InChI=1S/C8H6FN3O/c9-6-3-1-2-4-7(6)12-5-10-8(13)11-12/h1-5H,(H,11,13). The Morgan fingerprint density at radius 3 is 2.77 bits per heavy atom. The largest absolute Gasteiger partial charge is 0.361 e. The van der Waals surface area contributed by atoms with Crippen molar-refractivity contribution < 1.29 is 4.39 Å². The molecule has 0 atom stereocenters. The number of H-pyrrole nitrogens is 1. The molecule has 0 radical (unpaired) electrons. The Kier molecular flexibility index (Phi) is 1.70. The molecule has 0 aliphatic heterocycles. The van der Waals surface area contributed by atoms with E-state index in [0.29, 0.717) is 0 Å². The lowest BCUT2D eigenvalue weighted by Gasteiger charge is -2.00. The SMILES string of the molecule is O=c1ncn(-c2ccccc2F)[nH]1. The summed E-state index contributed by atoms with van der Waals surface area (Å²) in [4.78, 5) is 14.1. The molecule has 0 amide bonds. The Labute approximate surface area is 72.6 Å². The molecule has 0 unspecified atom stereocenters. The fraction of sp³-hybridized carbons (Fsp3) is 0. The van der Waals surface area contributed by atoms with E-state index in [-0.39, 0.29) is 5.69 Å². The molecule has 1 aromatic carbocycles. The van der Waals surface area contributed by atoms with Gasteiger partial charge in [-0.1, -0.05) is 12.1 Å². The molecule has 2 aromatic rings. The predicted molar refractivity (Wildman–Crippen MR) is 44.1 cm³/mol. The molecule has 1 heterocycles. The lowest BCUT2D eigenvalue weighted by atomic mass is 10.3. The number of benzene rings is 1. The van der Waals surface area contributed by atoms with Crippen molar-refractivity contribution >= 4 is 0 Å². The summed E-state index contributed by atoms with van der Waals surface area (Å²) in [5.74, 6) is -0.406. The summed E-state index contributed by atoms with van der Waals surface area (Å²) in [5, 5.41) is 2.34. The highest BCUT2D eigenvalue weighted by Gasteiger charge is 2.02. The summed E-state index contributed by atoms with van der Waals surface area (Å²) in [5.41, 5.74) is -0.222. The fourth-order valence-electron chi connectivity index (χ4n) is 1.04. The second-order valence-corrected chi connectivity index (χ2v) is 2.48. The van der Waals surface area contributed by atoms with E-state index < -0.39 is 11.5 Å². The maximum Gasteiger partial charge on any atom is 0.361 e. The third kappa shape index (κ3) is 1.35. The summed E-state index contributed by atoms with van der Waals surface area (Å²) in [6, 6.07) is 6.12. The number of hydrogen-bond donors (Lipinski definition) is 1. The summed E-state index contributed by atoms with van der Waals surface area (Å²) in [6.07, 6.45) is 1.24. The maximum absolute atomic E-state index is 13.1. The molecule has 4 nitrogen and oxygen atoms in total. The van der Waals surface area contributed by atoms with Crippen LogP contribution in [0.4, 0.5) is 4.39 Å². The molecular weight excluding hydrogens is 173 g/mol. The second kappa shape index (κ2) is 2.85. The van der Waals surface area contributed by atoms with Crippen LogP contribution in [0.15, 0.2) is 35.4 Å². The van der Waals surface area contributed by atoms with Crippen LogP contribution >= 0.6 is 0 Å². The van der Waals surface area contributed by atoms with Gasteiger partial charge in [0.05, 0.1) is 5.69 Å².